The number of benzene rings is 1. The molecule has 0 aliphatic heterocycles. The van der Waals surface area contributed by atoms with Gasteiger partial charge in [-0.05, 0) is 49.3 Å². The lowest BCUT2D eigenvalue weighted by Crippen LogP contribution is -2.27. The number of unbranched alkanes of at least 4 members (excludes halogenated alkanes) is 1. The molecule has 1 rings (SSSR count). The molecule has 0 bridgehead atoms. The molecule has 2 atom stereocenters. The molecule has 0 radical (unpaired) electrons. The van der Waals surface area contributed by atoms with Gasteiger partial charge in [0, 0.05) is 20.1 Å². The molecule has 0 saturated heterocycles. The summed E-state index contributed by atoms with van der Waals surface area (Å²) < 4.78 is 21.5. The Kier molecular flexibility index (Phi) is 12.4. The zero-order chi connectivity index (χ0) is 19.9. The molecule has 0 unspecified atom stereocenters. The highest BCUT2D eigenvalue weighted by molar-refractivity contribution is 5.83. The van der Waals surface area contributed by atoms with Gasteiger partial charge in [0.25, 0.3) is 0 Å². The molecule has 152 valence electrons. The van der Waals surface area contributed by atoms with Crippen molar-refractivity contribution in [2.45, 2.75) is 51.7 Å². The zero-order valence-electron chi connectivity index (χ0n) is 16.9. The largest absolute Gasteiger partial charge is 0.497 e. The summed E-state index contributed by atoms with van der Waals surface area (Å²) in [5.41, 5.74) is 1.11. The van der Waals surface area contributed by atoms with Crippen LogP contribution in [0.15, 0.2) is 36.9 Å². The third-order valence-electron chi connectivity index (χ3n) is 4.38. The van der Waals surface area contributed by atoms with Crippen LogP contribution in [0.1, 0.15) is 44.6 Å². The van der Waals surface area contributed by atoms with E-state index < -0.39 is 6.10 Å². The van der Waals surface area contributed by atoms with Crippen LogP contribution in [-0.2, 0) is 25.6 Å². The van der Waals surface area contributed by atoms with Crippen molar-refractivity contribution in [1.29, 1.82) is 0 Å². The Morgan fingerprint density at radius 1 is 1.22 bits per heavy atom. The summed E-state index contributed by atoms with van der Waals surface area (Å²) >= 11 is 0. The molecule has 0 spiro atoms. The molecule has 0 saturated carbocycles. The first-order valence-corrected chi connectivity index (χ1v) is 9.55. The van der Waals surface area contributed by atoms with Crippen LogP contribution in [0, 0.1) is 5.92 Å². The Balaban J connectivity index is 2.33. The predicted molar refractivity (Wildman–Crippen MR) is 107 cm³/mol. The number of carbonyl (C=O) groups is 1. The molecule has 0 aliphatic rings. The number of methoxy groups -OCH3 is 2. The minimum Gasteiger partial charge on any atom is -0.497 e. The number of allylic oxidation sites excluding steroid dienone is 1. The van der Waals surface area contributed by atoms with Crippen molar-refractivity contribution in [1.82, 2.24) is 0 Å². The average molecular weight is 379 g/mol. The molecule has 1 aromatic rings. The number of carbonyl (C=O) groups excluding carboxylic acids is 1. The quantitative estimate of drug-likeness (QED) is 0.240. The maximum Gasteiger partial charge on any atom is 0.161 e. The smallest absolute Gasteiger partial charge is 0.161 e. The second-order valence-electron chi connectivity index (χ2n) is 6.74. The fourth-order valence-corrected chi connectivity index (χ4v) is 2.70. The molecule has 5 nitrogen and oxygen atoms in total. The van der Waals surface area contributed by atoms with E-state index in [-0.39, 0.29) is 12.6 Å². The van der Waals surface area contributed by atoms with Gasteiger partial charge in [-0.3, -0.25) is 4.79 Å². The summed E-state index contributed by atoms with van der Waals surface area (Å²) in [6, 6.07) is 7.85. The second kappa shape index (κ2) is 14.4. The van der Waals surface area contributed by atoms with Gasteiger partial charge in [-0.25, -0.2) is 0 Å². The Bertz CT molecular complexity index is 526. The van der Waals surface area contributed by atoms with Crippen LogP contribution < -0.4 is 4.74 Å². The summed E-state index contributed by atoms with van der Waals surface area (Å²) in [5, 5.41) is 0. The highest BCUT2D eigenvalue weighted by Crippen LogP contribution is 2.17. The van der Waals surface area contributed by atoms with Crippen molar-refractivity contribution in [2.24, 2.45) is 5.92 Å². The maximum absolute atomic E-state index is 12.4. The minimum atomic E-state index is -0.411. The first-order valence-electron chi connectivity index (χ1n) is 9.55. The van der Waals surface area contributed by atoms with Gasteiger partial charge < -0.3 is 18.9 Å². The molecule has 0 N–H and O–H groups in total. The van der Waals surface area contributed by atoms with Crippen LogP contribution >= 0.6 is 0 Å². The Morgan fingerprint density at radius 2 is 1.96 bits per heavy atom. The Morgan fingerprint density at radius 3 is 2.59 bits per heavy atom. The molecule has 0 aromatic heterocycles. The minimum absolute atomic E-state index is 0.137. The number of ketones is 1. The Labute approximate surface area is 163 Å². The lowest BCUT2D eigenvalue weighted by Gasteiger charge is -2.20. The molecule has 27 heavy (non-hydrogen) atoms. The topological polar surface area (TPSA) is 54.0 Å². The number of hydrogen-bond acceptors (Lipinski definition) is 5. The van der Waals surface area contributed by atoms with E-state index in [4.69, 9.17) is 18.9 Å². The standard InChI is InChI=1S/C22H34O5/c1-5-6-7-8-21(23)22(27-17-24-3)15-18(2)13-14-26-16-19-9-11-20(25-4)12-10-19/h5,9-12,18,22H,1,6-8,13-17H2,2-4H3/t18-,22-/m1/s1. The fourth-order valence-electron chi connectivity index (χ4n) is 2.70. The van der Waals surface area contributed by atoms with Crippen LogP contribution in [0.3, 0.4) is 0 Å². The van der Waals surface area contributed by atoms with E-state index in [1.54, 1.807) is 14.2 Å². The second-order valence-corrected chi connectivity index (χ2v) is 6.74. The molecular formula is C22H34O5. The lowest BCUT2D eigenvalue weighted by atomic mass is 9.96. The van der Waals surface area contributed by atoms with Crippen LogP contribution in [0.4, 0.5) is 0 Å². The van der Waals surface area contributed by atoms with Crippen molar-refractivity contribution >= 4 is 5.78 Å². The van der Waals surface area contributed by atoms with Gasteiger partial charge in [0.1, 0.15) is 18.6 Å². The fraction of sp³-hybridized carbons (Fsp3) is 0.591. The third-order valence-corrected chi connectivity index (χ3v) is 4.38. The Hall–Kier alpha value is -1.69. The molecule has 1 aromatic carbocycles. The lowest BCUT2D eigenvalue weighted by molar-refractivity contribution is -0.141. The number of Topliss-reactive ketones (excluding diaryl/α,β-unsaturated/α-hetero) is 1. The number of hydrogen-bond donors (Lipinski definition) is 0. The summed E-state index contributed by atoms with van der Waals surface area (Å²) in [7, 11) is 3.22. The van der Waals surface area contributed by atoms with Crippen LogP contribution in [0.5, 0.6) is 5.75 Å². The summed E-state index contributed by atoms with van der Waals surface area (Å²) in [5.74, 6) is 1.30. The first-order chi connectivity index (χ1) is 13.1. The highest BCUT2D eigenvalue weighted by atomic mass is 16.7. The van der Waals surface area contributed by atoms with Crippen molar-refractivity contribution in [3.63, 3.8) is 0 Å². The van der Waals surface area contributed by atoms with Crippen molar-refractivity contribution in [3.8, 4) is 5.75 Å². The van der Waals surface area contributed by atoms with Crippen molar-refractivity contribution < 1.29 is 23.7 Å². The molecule has 0 fully saturated rings. The molecule has 5 heteroatoms. The van der Waals surface area contributed by atoms with Gasteiger partial charge in [-0.15, -0.1) is 6.58 Å². The number of ether oxygens (including phenoxy) is 4. The van der Waals surface area contributed by atoms with Gasteiger partial charge in [-0.2, -0.15) is 0 Å². The first kappa shape index (κ1) is 23.3. The summed E-state index contributed by atoms with van der Waals surface area (Å²) in [4.78, 5) is 12.4. The SMILES string of the molecule is C=CCCCC(=O)[C@@H](C[C@H](C)CCOCc1ccc(OC)cc1)OCOC. The van der Waals surface area contributed by atoms with E-state index >= 15 is 0 Å². The molecule has 0 heterocycles. The monoisotopic (exact) mass is 378 g/mol. The molecule has 0 amide bonds. The van der Waals surface area contributed by atoms with Crippen LogP contribution in [-0.4, -0.2) is 39.5 Å². The zero-order valence-corrected chi connectivity index (χ0v) is 16.9. The van der Waals surface area contributed by atoms with Crippen LogP contribution in [0.2, 0.25) is 0 Å². The van der Waals surface area contributed by atoms with Crippen LogP contribution in [0.25, 0.3) is 0 Å². The van der Waals surface area contributed by atoms with E-state index in [1.807, 2.05) is 30.3 Å². The number of rotatable bonds is 16. The van der Waals surface area contributed by atoms with Crippen molar-refractivity contribution in [2.75, 3.05) is 27.6 Å². The predicted octanol–water partition coefficient (Wildman–Crippen LogP) is 4.54. The van der Waals surface area contributed by atoms with Gasteiger partial charge >= 0.3 is 0 Å². The molecule has 0 aliphatic carbocycles. The summed E-state index contributed by atoms with van der Waals surface area (Å²) in [6.07, 6.45) is 5.16. The third kappa shape index (κ3) is 10.3. The maximum atomic E-state index is 12.4. The van der Waals surface area contributed by atoms with E-state index in [0.717, 1.165) is 30.6 Å². The molecular weight excluding hydrogens is 344 g/mol. The van der Waals surface area contributed by atoms with Gasteiger partial charge in [0.05, 0.1) is 13.7 Å². The van der Waals surface area contributed by atoms with E-state index in [0.29, 0.717) is 32.0 Å². The highest BCUT2D eigenvalue weighted by Gasteiger charge is 2.21. The normalized spacial score (nSPS) is 13.1. The van der Waals surface area contributed by atoms with E-state index in [2.05, 4.69) is 13.5 Å². The van der Waals surface area contributed by atoms with E-state index in [9.17, 15) is 4.79 Å². The van der Waals surface area contributed by atoms with E-state index in [1.165, 1.54) is 0 Å². The van der Waals surface area contributed by atoms with Gasteiger partial charge in [0.15, 0.2) is 5.78 Å². The van der Waals surface area contributed by atoms with Gasteiger partial charge in [0.2, 0.25) is 0 Å². The van der Waals surface area contributed by atoms with Gasteiger partial charge in [-0.1, -0.05) is 25.1 Å². The van der Waals surface area contributed by atoms with Crippen molar-refractivity contribution in [3.05, 3.63) is 42.5 Å². The average Bonchev–Trinajstić information content (AvgIpc) is 2.69. The summed E-state index contributed by atoms with van der Waals surface area (Å²) in [6.45, 7) is 7.17.